The van der Waals surface area contributed by atoms with Crippen LogP contribution < -0.4 is 14.8 Å². The van der Waals surface area contributed by atoms with Crippen LogP contribution in [0.15, 0.2) is 18.2 Å². The van der Waals surface area contributed by atoms with Gasteiger partial charge in [0.25, 0.3) is 0 Å². The summed E-state index contributed by atoms with van der Waals surface area (Å²) in [4.78, 5) is 0. The molecule has 1 aromatic carbocycles. The minimum absolute atomic E-state index is 0.677. The molecule has 2 saturated carbocycles. The van der Waals surface area contributed by atoms with E-state index in [-0.39, 0.29) is 0 Å². The smallest absolute Gasteiger partial charge is 0.127 e. The molecule has 0 radical (unpaired) electrons. The standard InChI is InChI=1S/C18H27NO2/c1-20-17-9-8-15(18(11-17)21-2)12-19-16-5-3-4-14(10-16)13-6-7-13/h8-9,11,13-14,16,19H,3-7,10,12H2,1-2H3. The summed E-state index contributed by atoms with van der Waals surface area (Å²) in [7, 11) is 3.41. The van der Waals surface area contributed by atoms with Gasteiger partial charge in [-0.25, -0.2) is 0 Å². The van der Waals surface area contributed by atoms with Gasteiger partial charge in [-0.2, -0.15) is 0 Å². The van der Waals surface area contributed by atoms with Crippen molar-refractivity contribution in [1.82, 2.24) is 5.32 Å². The zero-order chi connectivity index (χ0) is 14.7. The third kappa shape index (κ3) is 3.70. The van der Waals surface area contributed by atoms with Gasteiger partial charge in [0.15, 0.2) is 0 Å². The SMILES string of the molecule is COc1ccc(CNC2CCCC(C3CC3)C2)c(OC)c1. The molecule has 2 unspecified atom stereocenters. The van der Waals surface area contributed by atoms with E-state index in [9.17, 15) is 0 Å². The maximum Gasteiger partial charge on any atom is 0.127 e. The number of nitrogens with one attached hydrogen (secondary N) is 1. The Kier molecular flexibility index (Phi) is 4.69. The maximum absolute atomic E-state index is 5.48. The van der Waals surface area contributed by atoms with Gasteiger partial charge in [0.1, 0.15) is 11.5 Å². The van der Waals surface area contributed by atoms with Crippen molar-refractivity contribution in [1.29, 1.82) is 0 Å². The summed E-state index contributed by atoms with van der Waals surface area (Å²) in [5, 5.41) is 3.74. The largest absolute Gasteiger partial charge is 0.497 e. The monoisotopic (exact) mass is 289 g/mol. The van der Waals surface area contributed by atoms with Crippen LogP contribution in [0.5, 0.6) is 11.5 Å². The average Bonchev–Trinajstić information content (AvgIpc) is 3.38. The lowest BCUT2D eigenvalue weighted by Gasteiger charge is -2.30. The molecular formula is C18H27NO2. The Bertz CT molecular complexity index is 470. The van der Waals surface area contributed by atoms with Crippen molar-refractivity contribution >= 4 is 0 Å². The average molecular weight is 289 g/mol. The van der Waals surface area contributed by atoms with E-state index in [0.717, 1.165) is 29.9 Å². The van der Waals surface area contributed by atoms with Gasteiger partial charge in [0, 0.05) is 24.2 Å². The second kappa shape index (κ2) is 6.69. The van der Waals surface area contributed by atoms with Crippen LogP contribution in [0.3, 0.4) is 0 Å². The molecular weight excluding hydrogens is 262 g/mol. The normalized spacial score (nSPS) is 25.6. The molecule has 1 N–H and O–H groups in total. The van der Waals surface area contributed by atoms with Crippen molar-refractivity contribution in [2.24, 2.45) is 11.8 Å². The van der Waals surface area contributed by atoms with E-state index >= 15 is 0 Å². The summed E-state index contributed by atoms with van der Waals surface area (Å²) in [6.07, 6.45) is 8.48. The highest BCUT2D eigenvalue weighted by atomic mass is 16.5. The minimum atomic E-state index is 0.677. The van der Waals surface area contributed by atoms with Crippen LogP contribution in [-0.4, -0.2) is 20.3 Å². The number of benzene rings is 1. The van der Waals surface area contributed by atoms with Crippen LogP contribution in [0.4, 0.5) is 0 Å². The second-order valence-electron chi connectivity index (χ2n) is 6.52. The molecule has 0 saturated heterocycles. The lowest BCUT2D eigenvalue weighted by molar-refractivity contribution is 0.259. The molecule has 0 amide bonds. The van der Waals surface area contributed by atoms with Gasteiger partial charge in [0.05, 0.1) is 14.2 Å². The zero-order valence-corrected chi connectivity index (χ0v) is 13.2. The van der Waals surface area contributed by atoms with E-state index in [0.29, 0.717) is 6.04 Å². The van der Waals surface area contributed by atoms with Crippen molar-refractivity contribution in [3.8, 4) is 11.5 Å². The fourth-order valence-corrected chi connectivity index (χ4v) is 3.66. The lowest BCUT2D eigenvalue weighted by Crippen LogP contribution is -2.34. The van der Waals surface area contributed by atoms with Crippen molar-refractivity contribution in [2.75, 3.05) is 14.2 Å². The molecule has 0 aromatic heterocycles. The summed E-state index contributed by atoms with van der Waals surface area (Å²) in [5.41, 5.74) is 1.21. The maximum atomic E-state index is 5.48. The predicted octanol–water partition coefficient (Wildman–Crippen LogP) is 3.76. The molecule has 0 aliphatic heterocycles. The lowest BCUT2D eigenvalue weighted by atomic mass is 9.82. The number of hydrogen-bond donors (Lipinski definition) is 1. The number of hydrogen-bond acceptors (Lipinski definition) is 3. The fraction of sp³-hybridized carbons (Fsp3) is 0.667. The summed E-state index contributed by atoms with van der Waals surface area (Å²) in [5.74, 6) is 3.79. The van der Waals surface area contributed by atoms with Gasteiger partial charge in [-0.15, -0.1) is 0 Å². The van der Waals surface area contributed by atoms with Gasteiger partial charge >= 0.3 is 0 Å². The number of ether oxygens (including phenoxy) is 2. The Labute approximate surface area is 128 Å². The van der Waals surface area contributed by atoms with Crippen LogP contribution in [-0.2, 0) is 6.54 Å². The number of rotatable bonds is 6. The van der Waals surface area contributed by atoms with Crippen molar-refractivity contribution in [2.45, 2.75) is 51.1 Å². The molecule has 0 heterocycles. The molecule has 0 spiro atoms. The summed E-state index contributed by atoms with van der Waals surface area (Å²) in [6.45, 7) is 0.884. The molecule has 1 aromatic rings. The quantitative estimate of drug-likeness (QED) is 0.865. The summed E-state index contributed by atoms with van der Waals surface area (Å²) < 4.78 is 10.7. The summed E-state index contributed by atoms with van der Waals surface area (Å²) in [6, 6.07) is 6.75. The second-order valence-corrected chi connectivity index (χ2v) is 6.52. The van der Waals surface area contributed by atoms with Gasteiger partial charge in [-0.1, -0.05) is 18.9 Å². The van der Waals surface area contributed by atoms with Gasteiger partial charge in [-0.05, 0) is 43.6 Å². The molecule has 0 bridgehead atoms. The van der Waals surface area contributed by atoms with Crippen molar-refractivity contribution < 1.29 is 9.47 Å². The highest BCUT2D eigenvalue weighted by molar-refractivity contribution is 5.40. The highest BCUT2D eigenvalue weighted by Crippen LogP contribution is 2.43. The Morgan fingerprint density at radius 3 is 2.62 bits per heavy atom. The first kappa shape index (κ1) is 14.7. The van der Waals surface area contributed by atoms with Gasteiger partial charge in [0.2, 0.25) is 0 Å². The molecule has 2 atom stereocenters. The predicted molar refractivity (Wildman–Crippen MR) is 84.9 cm³/mol. The molecule has 116 valence electrons. The Balaban J connectivity index is 1.56. The summed E-state index contributed by atoms with van der Waals surface area (Å²) >= 11 is 0. The van der Waals surface area contributed by atoms with E-state index in [1.807, 2.05) is 12.1 Å². The number of methoxy groups -OCH3 is 2. The molecule has 2 fully saturated rings. The minimum Gasteiger partial charge on any atom is -0.497 e. The van der Waals surface area contributed by atoms with Crippen molar-refractivity contribution in [3.05, 3.63) is 23.8 Å². The molecule has 2 aliphatic rings. The van der Waals surface area contributed by atoms with E-state index in [4.69, 9.17) is 9.47 Å². The van der Waals surface area contributed by atoms with Crippen molar-refractivity contribution in [3.63, 3.8) is 0 Å². The molecule has 3 nitrogen and oxygen atoms in total. The Hall–Kier alpha value is -1.22. The van der Waals surface area contributed by atoms with E-state index in [2.05, 4.69) is 11.4 Å². The highest BCUT2D eigenvalue weighted by Gasteiger charge is 2.34. The van der Waals surface area contributed by atoms with Crippen LogP contribution in [0.1, 0.15) is 44.1 Å². The van der Waals surface area contributed by atoms with E-state index < -0.39 is 0 Å². The van der Waals surface area contributed by atoms with Crippen LogP contribution in [0.25, 0.3) is 0 Å². The van der Waals surface area contributed by atoms with E-state index in [1.165, 1.54) is 44.1 Å². The molecule has 3 rings (SSSR count). The third-order valence-corrected chi connectivity index (χ3v) is 5.08. The van der Waals surface area contributed by atoms with Crippen LogP contribution in [0, 0.1) is 11.8 Å². The molecule has 21 heavy (non-hydrogen) atoms. The topological polar surface area (TPSA) is 30.5 Å². The fourth-order valence-electron chi connectivity index (χ4n) is 3.66. The van der Waals surface area contributed by atoms with Gasteiger partial charge < -0.3 is 14.8 Å². The van der Waals surface area contributed by atoms with Crippen LogP contribution in [0.2, 0.25) is 0 Å². The molecule has 2 aliphatic carbocycles. The first-order valence-electron chi connectivity index (χ1n) is 8.24. The van der Waals surface area contributed by atoms with Gasteiger partial charge in [-0.3, -0.25) is 0 Å². The van der Waals surface area contributed by atoms with E-state index in [1.54, 1.807) is 14.2 Å². The first-order valence-corrected chi connectivity index (χ1v) is 8.24. The van der Waals surface area contributed by atoms with Crippen LogP contribution >= 0.6 is 0 Å². The molecule has 3 heteroatoms. The zero-order valence-electron chi connectivity index (χ0n) is 13.2. The first-order chi connectivity index (χ1) is 10.3. The Morgan fingerprint density at radius 1 is 1.05 bits per heavy atom. The Morgan fingerprint density at radius 2 is 1.90 bits per heavy atom. The third-order valence-electron chi connectivity index (χ3n) is 5.08.